The van der Waals surface area contributed by atoms with Gasteiger partial charge < -0.3 is 11.5 Å². The molecule has 0 aliphatic heterocycles. The van der Waals surface area contributed by atoms with E-state index in [4.69, 9.17) is 15.1 Å². The van der Waals surface area contributed by atoms with Gasteiger partial charge in [-0.25, -0.2) is 3.63 Å². The summed E-state index contributed by atoms with van der Waals surface area (Å²) in [6.45, 7) is 4.39. The molecule has 0 aliphatic carbocycles. The summed E-state index contributed by atoms with van der Waals surface area (Å²) in [4.78, 5) is 0. The first kappa shape index (κ1) is 17.6. The van der Waals surface area contributed by atoms with Gasteiger partial charge in [0.2, 0.25) is 0 Å². The predicted molar refractivity (Wildman–Crippen MR) is 80.5 cm³/mol. The highest BCUT2D eigenvalue weighted by atomic mass is 32.2. The van der Waals surface area contributed by atoms with Gasteiger partial charge in [0.25, 0.3) is 0 Å². The van der Waals surface area contributed by atoms with Crippen molar-refractivity contribution < 1.29 is 3.63 Å². The van der Waals surface area contributed by atoms with Crippen molar-refractivity contribution >= 4 is 24.1 Å². The molecule has 0 aromatic rings. The normalized spacial score (nSPS) is 14.8. The minimum absolute atomic E-state index is 0.0805. The average Bonchev–Trinajstić information content (AvgIpc) is 2.30. The predicted octanol–water partition coefficient (Wildman–Crippen LogP) is 4.03. The summed E-state index contributed by atoms with van der Waals surface area (Å²) in [6, 6.07) is 0. The fraction of sp³-hybridized carbons (Fsp3) is 1.00. The minimum Gasteiger partial charge on any atom is -0.317 e. The Morgan fingerprint density at radius 2 is 1.24 bits per heavy atom. The zero-order valence-corrected chi connectivity index (χ0v) is 12.8. The monoisotopic (exact) mass is 280 g/mol. The van der Waals surface area contributed by atoms with Gasteiger partial charge in [-0.1, -0.05) is 52.4 Å². The van der Waals surface area contributed by atoms with Crippen LogP contribution in [0, 0.1) is 0 Å². The van der Waals surface area contributed by atoms with E-state index in [9.17, 15) is 0 Å². The van der Waals surface area contributed by atoms with E-state index >= 15 is 0 Å². The summed E-state index contributed by atoms with van der Waals surface area (Å²) in [7, 11) is 0. The maximum absolute atomic E-state index is 5.91. The van der Waals surface area contributed by atoms with Crippen LogP contribution >= 0.6 is 24.1 Å². The Balaban J connectivity index is 3.29. The van der Waals surface area contributed by atoms with Gasteiger partial charge in [-0.05, 0) is 12.8 Å². The third-order valence-corrected chi connectivity index (χ3v) is 4.10. The molecule has 0 heterocycles. The molecule has 0 rings (SSSR count). The number of nitrogens with two attached hydrogens (primary N) is 2. The Kier molecular flexibility index (Phi) is 13.5. The molecule has 104 valence electrons. The van der Waals surface area contributed by atoms with E-state index in [1.54, 1.807) is 0 Å². The molecular weight excluding hydrogens is 252 g/mol. The molecule has 0 fully saturated rings. The van der Waals surface area contributed by atoms with Gasteiger partial charge >= 0.3 is 0 Å². The Hall–Kier alpha value is 0.580. The lowest BCUT2D eigenvalue weighted by Gasteiger charge is -2.12. The maximum Gasteiger partial charge on any atom is 0.0786 e. The van der Waals surface area contributed by atoms with Crippen LogP contribution < -0.4 is 11.5 Å². The lowest BCUT2D eigenvalue weighted by atomic mass is 10.2. The van der Waals surface area contributed by atoms with E-state index in [1.807, 2.05) is 0 Å². The van der Waals surface area contributed by atoms with Crippen molar-refractivity contribution in [1.82, 2.24) is 0 Å². The van der Waals surface area contributed by atoms with Crippen molar-refractivity contribution in [2.75, 3.05) is 0 Å². The Labute approximate surface area is 115 Å². The highest BCUT2D eigenvalue weighted by Gasteiger charge is 2.07. The molecule has 0 aromatic carbocycles. The topological polar surface area (TPSA) is 61.3 Å². The van der Waals surface area contributed by atoms with Gasteiger partial charge in [0.05, 0.1) is 10.7 Å². The van der Waals surface area contributed by atoms with Gasteiger partial charge in [-0.3, -0.25) is 0 Å². The lowest BCUT2D eigenvalue weighted by molar-refractivity contribution is 0.622. The van der Waals surface area contributed by atoms with Crippen molar-refractivity contribution in [3.8, 4) is 0 Å². The smallest absolute Gasteiger partial charge is 0.0786 e. The zero-order valence-electron chi connectivity index (χ0n) is 11.2. The summed E-state index contributed by atoms with van der Waals surface area (Å²) in [5.74, 6) is 0. The first-order chi connectivity index (χ1) is 8.20. The fourth-order valence-electron chi connectivity index (χ4n) is 1.41. The maximum atomic E-state index is 5.91. The number of hydrogen-bond donors (Lipinski definition) is 2. The van der Waals surface area contributed by atoms with Crippen LogP contribution in [-0.4, -0.2) is 10.7 Å². The molecule has 0 radical (unpaired) electrons. The molecule has 4 N–H and O–H groups in total. The highest BCUT2D eigenvalue weighted by Crippen LogP contribution is 2.24. The molecular formula is C12H28N2OS2. The first-order valence-electron chi connectivity index (χ1n) is 6.70. The van der Waals surface area contributed by atoms with Gasteiger partial charge in [0, 0.05) is 24.1 Å². The number of rotatable bonds is 12. The van der Waals surface area contributed by atoms with Crippen LogP contribution in [0.3, 0.4) is 0 Å². The lowest BCUT2D eigenvalue weighted by Crippen LogP contribution is -2.17. The molecule has 17 heavy (non-hydrogen) atoms. The third kappa shape index (κ3) is 12.8. The van der Waals surface area contributed by atoms with Gasteiger partial charge in [0.1, 0.15) is 0 Å². The van der Waals surface area contributed by atoms with Crippen LogP contribution in [0.25, 0.3) is 0 Å². The fourth-order valence-corrected chi connectivity index (χ4v) is 2.93. The summed E-state index contributed by atoms with van der Waals surface area (Å²) < 4.78 is 5.40. The minimum atomic E-state index is 0.0805. The van der Waals surface area contributed by atoms with E-state index in [-0.39, 0.29) is 10.7 Å². The van der Waals surface area contributed by atoms with Gasteiger partial charge in [0.15, 0.2) is 0 Å². The van der Waals surface area contributed by atoms with E-state index in [2.05, 4.69) is 13.8 Å². The first-order valence-corrected chi connectivity index (χ1v) is 8.31. The van der Waals surface area contributed by atoms with Crippen LogP contribution in [-0.2, 0) is 3.63 Å². The second kappa shape index (κ2) is 13.0. The van der Waals surface area contributed by atoms with Gasteiger partial charge in [-0.2, -0.15) is 0 Å². The molecule has 0 bridgehead atoms. The third-order valence-electron chi connectivity index (χ3n) is 2.51. The quantitative estimate of drug-likeness (QED) is 0.321. The molecule has 3 nitrogen and oxygen atoms in total. The molecule has 0 aliphatic rings. The van der Waals surface area contributed by atoms with Crippen molar-refractivity contribution in [1.29, 1.82) is 0 Å². The van der Waals surface area contributed by atoms with Crippen LogP contribution in [0.15, 0.2) is 0 Å². The van der Waals surface area contributed by atoms with E-state index in [1.165, 1.54) is 62.6 Å². The molecule has 0 aromatic heterocycles. The second-order valence-corrected chi connectivity index (χ2v) is 6.47. The van der Waals surface area contributed by atoms with Crippen molar-refractivity contribution in [3.05, 3.63) is 0 Å². The Bertz CT molecular complexity index is 145. The average molecular weight is 281 g/mol. The molecule has 0 amide bonds. The van der Waals surface area contributed by atoms with Crippen LogP contribution in [0.2, 0.25) is 0 Å². The summed E-state index contributed by atoms with van der Waals surface area (Å²) >= 11 is 2.71. The SMILES string of the molecule is CCCCCC(N)SOSC(N)CCCCC. The molecule has 0 saturated heterocycles. The van der Waals surface area contributed by atoms with E-state index in [0.29, 0.717) is 0 Å². The standard InChI is InChI=1S/C12H28N2OS2/c1-3-5-7-9-11(13)16-15-17-12(14)10-8-6-4-2/h11-12H,3-10,13-14H2,1-2H3. The second-order valence-electron chi connectivity index (χ2n) is 4.33. The molecule has 0 spiro atoms. The Morgan fingerprint density at radius 3 is 1.59 bits per heavy atom. The largest absolute Gasteiger partial charge is 0.317 e. The van der Waals surface area contributed by atoms with Crippen molar-refractivity contribution in [3.63, 3.8) is 0 Å². The summed E-state index contributed by atoms with van der Waals surface area (Å²) in [6.07, 6.45) is 9.36. The summed E-state index contributed by atoms with van der Waals surface area (Å²) in [5.41, 5.74) is 11.8. The Morgan fingerprint density at radius 1 is 0.824 bits per heavy atom. The van der Waals surface area contributed by atoms with Crippen LogP contribution in [0.5, 0.6) is 0 Å². The van der Waals surface area contributed by atoms with Crippen molar-refractivity contribution in [2.24, 2.45) is 11.5 Å². The zero-order chi connectivity index (χ0) is 12.9. The highest BCUT2D eigenvalue weighted by molar-refractivity contribution is 8.08. The molecule has 2 unspecified atom stereocenters. The van der Waals surface area contributed by atoms with Crippen LogP contribution in [0.1, 0.15) is 65.2 Å². The molecule has 2 atom stereocenters. The number of hydrogen-bond acceptors (Lipinski definition) is 5. The van der Waals surface area contributed by atoms with Gasteiger partial charge in [-0.15, -0.1) is 0 Å². The molecule has 5 heteroatoms. The van der Waals surface area contributed by atoms with Crippen molar-refractivity contribution in [2.45, 2.75) is 76.0 Å². The van der Waals surface area contributed by atoms with Crippen LogP contribution in [0.4, 0.5) is 0 Å². The number of unbranched alkanes of at least 4 members (excludes halogenated alkanes) is 4. The van der Waals surface area contributed by atoms with E-state index in [0.717, 1.165) is 12.8 Å². The molecule has 0 saturated carbocycles. The summed E-state index contributed by atoms with van der Waals surface area (Å²) in [5, 5.41) is 0.161. The van der Waals surface area contributed by atoms with E-state index < -0.39 is 0 Å².